The molecule has 4 heteroatoms. The highest BCUT2D eigenvalue weighted by Gasteiger charge is 2.11. The first-order chi connectivity index (χ1) is 9.09. The van der Waals surface area contributed by atoms with Gasteiger partial charge < -0.3 is 0 Å². The van der Waals surface area contributed by atoms with E-state index in [9.17, 15) is 4.79 Å². The van der Waals surface area contributed by atoms with Crippen LogP contribution in [0.2, 0.25) is 0 Å². The molecule has 0 saturated carbocycles. The number of aromatic nitrogens is 2. The van der Waals surface area contributed by atoms with Gasteiger partial charge in [0, 0.05) is 19.0 Å². The highest BCUT2D eigenvalue weighted by atomic mass is 79.9. The van der Waals surface area contributed by atoms with Gasteiger partial charge in [0.2, 0.25) is 0 Å². The Labute approximate surface area is 121 Å². The Balaban J connectivity index is 1.92. The lowest BCUT2D eigenvalue weighted by molar-refractivity contribution is 0.0980. The number of hydrogen-bond donors (Lipinski definition) is 0. The van der Waals surface area contributed by atoms with Gasteiger partial charge in [0.05, 0.1) is 15.9 Å². The van der Waals surface area contributed by atoms with Crippen molar-refractivity contribution in [3.05, 3.63) is 51.8 Å². The molecule has 0 atom stereocenters. The third-order valence-corrected chi connectivity index (χ3v) is 4.21. The van der Waals surface area contributed by atoms with Crippen molar-refractivity contribution in [2.24, 2.45) is 7.05 Å². The largest absolute Gasteiger partial charge is 0.294 e. The van der Waals surface area contributed by atoms with E-state index in [-0.39, 0.29) is 5.78 Å². The van der Waals surface area contributed by atoms with Gasteiger partial charge in [0.25, 0.3) is 0 Å². The monoisotopic (exact) mass is 320 g/mol. The summed E-state index contributed by atoms with van der Waals surface area (Å²) in [4.78, 5) is 12.0. The lowest BCUT2D eigenvalue weighted by Gasteiger charge is -2.03. The molecule has 0 aliphatic heterocycles. The molecule has 2 aromatic rings. The van der Waals surface area contributed by atoms with Crippen LogP contribution in [0.15, 0.2) is 34.8 Å². The fourth-order valence-corrected chi connectivity index (χ4v) is 2.67. The molecule has 100 valence electrons. The van der Waals surface area contributed by atoms with E-state index in [1.54, 1.807) is 0 Å². The Bertz CT molecular complexity index is 575. The summed E-state index contributed by atoms with van der Waals surface area (Å²) in [6, 6.07) is 9.45. The minimum atomic E-state index is 0.204. The normalized spacial score (nSPS) is 10.7. The van der Waals surface area contributed by atoms with Gasteiger partial charge in [-0.3, -0.25) is 9.48 Å². The van der Waals surface area contributed by atoms with Crippen LogP contribution < -0.4 is 0 Å². The number of halogens is 1. The molecule has 0 radical (unpaired) electrons. The third kappa shape index (κ3) is 3.32. The van der Waals surface area contributed by atoms with Crippen LogP contribution in [0.4, 0.5) is 0 Å². The van der Waals surface area contributed by atoms with Crippen molar-refractivity contribution in [3.8, 4) is 0 Å². The van der Waals surface area contributed by atoms with Crippen molar-refractivity contribution < 1.29 is 4.79 Å². The quantitative estimate of drug-likeness (QED) is 0.787. The molecule has 0 fully saturated rings. The summed E-state index contributed by atoms with van der Waals surface area (Å²) in [5.74, 6) is 0.204. The van der Waals surface area contributed by atoms with E-state index in [1.807, 2.05) is 49.0 Å². The average Bonchev–Trinajstić information content (AvgIpc) is 2.66. The van der Waals surface area contributed by atoms with Gasteiger partial charge in [-0.15, -0.1) is 0 Å². The number of Topliss-reactive ketones (excluding diaryl/α,β-unsaturated/α-hetero) is 1. The Morgan fingerprint density at radius 3 is 2.58 bits per heavy atom. The first kappa shape index (κ1) is 14.0. The van der Waals surface area contributed by atoms with Gasteiger partial charge in [-0.05, 0) is 35.7 Å². The maximum Gasteiger partial charge on any atom is 0.162 e. The molecular formula is C15H17BrN2O. The van der Waals surface area contributed by atoms with Gasteiger partial charge in [0.1, 0.15) is 0 Å². The number of carbonyl (C=O) groups is 1. The number of nitrogens with zero attached hydrogens (tertiary/aromatic N) is 2. The minimum Gasteiger partial charge on any atom is -0.294 e. The maximum absolute atomic E-state index is 12.0. The van der Waals surface area contributed by atoms with Gasteiger partial charge in [-0.1, -0.05) is 30.3 Å². The molecule has 0 saturated heterocycles. The Morgan fingerprint density at radius 1 is 1.32 bits per heavy atom. The van der Waals surface area contributed by atoms with E-state index in [4.69, 9.17) is 0 Å². The SMILES string of the molecule is Cc1nn(C)c(CCCC(=O)c2ccccc2)c1Br. The molecule has 0 aliphatic carbocycles. The molecule has 0 N–H and O–H groups in total. The highest BCUT2D eigenvalue weighted by molar-refractivity contribution is 9.10. The molecule has 0 amide bonds. The molecule has 3 nitrogen and oxygen atoms in total. The van der Waals surface area contributed by atoms with Crippen LogP contribution in [0.5, 0.6) is 0 Å². The van der Waals surface area contributed by atoms with Crippen LogP contribution in [0.25, 0.3) is 0 Å². The van der Waals surface area contributed by atoms with Crippen molar-refractivity contribution in [1.29, 1.82) is 0 Å². The Morgan fingerprint density at radius 2 is 2.00 bits per heavy atom. The average molecular weight is 321 g/mol. The number of carbonyl (C=O) groups excluding carboxylic acids is 1. The van der Waals surface area contributed by atoms with Crippen molar-refractivity contribution in [3.63, 3.8) is 0 Å². The van der Waals surface area contributed by atoms with E-state index in [2.05, 4.69) is 21.0 Å². The van der Waals surface area contributed by atoms with E-state index in [0.29, 0.717) is 6.42 Å². The summed E-state index contributed by atoms with van der Waals surface area (Å²) in [7, 11) is 1.94. The van der Waals surface area contributed by atoms with Crippen molar-refractivity contribution in [2.45, 2.75) is 26.2 Å². The van der Waals surface area contributed by atoms with E-state index in [0.717, 1.165) is 34.3 Å². The van der Waals surface area contributed by atoms with Gasteiger partial charge >= 0.3 is 0 Å². The standard InChI is InChI=1S/C15H17BrN2O/c1-11-15(16)13(18(2)17-11)9-6-10-14(19)12-7-4-3-5-8-12/h3-5,7-8H,6,9-10H2,1-2H3. The van der Waals surface area contributed by atoms with Crippen LogP contribution in [0.1, 0.15) is 34.6 Å². The first-order valence-corrected chi connectivity index (χ1v) is 7.15. The molecule has 0 spiro atoms. The summed E-state index contributed by atoms with van der Waals surface area (Å²) >= 11 is 3.54. The number of hydrogen-bond acceptors (Lipinski definition) is 2. The molecule has 1 heterocycles. The lowest BCUT2D eigenvalue weighted by Crippen LogP contribution is -2.03. The summed E-state index contributed by atoms with van der Waals surface area (Å²) in [6.07, 6.45) is 2.27. The number of ketones is 1. The topological polar surface area (TPSA) is 34.9 Å². The van der Waals surface area contributed by atoms with E-state index in [1.165, 1.54) is 0 Å². The summed E-state index contributed by atoms with van der Waals surface area (Å²) in [6.45, 7) is 1.97. The molecular weight excluding hydrogens is 304 g/mol. The molecule has 1 aromatic carbocycles. The first-order valence-electron chi connectivity index (χ1n) is 6.36. The third-order valence-electron chi connectivity index (χ3n) is 3.17. The smallest absolute Gasteiger partial charge is 0.162 e. The maximum atomic E-state index is 12.0. The van der Waals surface area contributed by atoms with Crippen molar-refractivity contribution in [1.82, 2.24) is 9.78 Å². The van der Waals surface area contributed by atoms with Gasteiger partial charge in [-0.25, -0.2) is 0 Å². The molecule has 1 aromatic heterocycles. The van der Waals surface area contributed by atoms with Crippen LogP contribution in [0.3, 0.4) is 0 Å². The van der Waals surface area contributed by atoms with E-state index >= 15 is 0 Å². The highest BCUT2D eigenvalue weighted by Crippen LogP contribution is 2.22. The van der Waals surface area contributed by atoms with Gasteiger partial charge in [0.15, 0.2) is 5.78 Å². The molecule has 2 rings (SSSR count). The molecule has 0 bridgehead atoms. The van der Waals surface area contributed by atoms with Crippen LogP contribution in [-0.2, 0) is 13.5 Å². The summed E-state index contributed by atoms with van der Waals surface area (Å²) < 4.78 is 2.94. The van der Waals surface area contributed by atoms with E-state index < -0.39 is 0 Å². The second kappa shape index (κ2) is 6.15. The summed E-state index contributed by atoms with van der Waals surface area (Å²) in [5.41, 5.74) is 2.94. The summed E-state index contributed by atoms with van der Waals surface area (Å²) in [5, 5.41) is 4.35. The fraction of sp³-hybridized carbons (Fsp3) is 0.333. The zero-order valence-electron chi connectivity index (χ0n) is 11.2. The fourth-order valence-electron chi connectivity index (χ4n) is 2.14. The Hall–Kier alpha value is -1.42. The zero-order valence-corrected chi connectivity index (χ0v) is 12.8. The van der Waals surface area contributed by atoms with Crippen molar-refractivity contribution in [2.75, 3.05) is 0 Å². The van der Waals surface area contributed by atoms with Crippen molar-refractivity contribution >= 4 is 21.7 Å². The number of rotatable bonds is 5. The predicted molar refractivity (Wildman–Crippen MR) is 79.4 cm³/mol. The molecule has 0 unspecified atom stereocenters. The van der Waals surface area contributed by atoms with Crippen LogP contribution in [-0.4, -0.2) is 15.6 Å². The lowest BCUT2D eigenvalue weighted by atomic mass is 10.0. The van der Waals surface area contributed by atoms with Gasteiger partial charge in [-0.2, -0.15) is 5.10 Å². The number of aryl methyl sites for hydroxylation is 2. The molecule has 0 aliphatic rings. The second-order valence-corrected chi connectivity index (χ2v) is 5.41. The Kier molecular flexibility index (Phi) is 4.53. The van der Waals surface area contributed by atoms with Crippen LogP contribution >= 0.6 is 15.9 Å². The minimum absolute atomic E-state index is 0.204. The number of benzene rings is 1. The zero-order chi connectivity index (χ0) is 13.8. The second-order valence-electron chi connectivity index (χ2n) is 4.61. The predicted octanol–water partition coefficient (Wildman–Crippen LogP) is 3.70. The van der Waals surface area contributed by atoms with Crippen LogP contribution in [0, 0.1) is 6.92 Å². The molecule has 19 heavy (non-hydrogen) atoms.